The SMILES string of the molecule is CN(C/C(N)=N/O)C1CC2CCC1C2. The maximum absolute atomic E-state index is 8.49. The molecular weight excluding hydrogens is 178 g/mol. The van der Waals surface area contributed by atoms with Gasteiger partial charge >= 0.3 is 0 Å². The zero-order chi connectivity index (χ0) is 10.1. The zero-order valence-corrected chi connectivity index (χ0v) is 8.69. The Labute approximate surface area is 84.8 Å². The van der Waals surface area contributed by atoms with Gasteiger partial charge in [0.1, 0.15) is 0 Å². The second kappa shape index (κ2) is 3.77. The minimum atomic E-state index is 0.315. The molecule has 3 N–H and O–H groups in total. The zero-order valence-electron chi connectivity index (χ0n) is 8.69. The third kappa shape index (κ3) is 1.71. The van der Waals surface area contributed by atoms with Crippen LogP contribution in [0.15, 0.2) is 5.16 Å². The Bertz CT molecular complexity index is 242. The third-order valence-electron chi connectivity index (χ3n) is 3.81. The largest absolute Gasteiger partial charge is 0.409 e. The quantitative estimate of drug-likeness (QED) is 0.305. The molecule has 2 saturated carbocycles. The highest BCUT2D eigenvalue weighted by Crippen LogP contribution is 2.46. The van der Waals surface area contributed by atoms with Crippen molar-refractivity contribution in [2.24, 2.45) is 22.7 Å². The Kier molecular flexibility index (Phi) is 2.63. The maximum Gasteiger partial charge on any atom is 0.153 e. The van der Waals surface area contributed by atoms with Crippen LogP contribution in [0.5, 0.6) is 0 Å². The van der Waals surface area contributed by atoms with Crippen LogP contribution >= 0.6 is 0 Å². The summed E-state index contributed by atoms with van der Waals surface area (Å²) < 4.78 is 0. The third-order valence-corrected chi connectivity index (χ3v) is 3.81. The number of hydrogen-bond donors (Lipinski definition) is 2. The predicted octanol–water partition coefficient (Wildman–Crippen LogP) is 0.853. The van der Waals surface area contributed by atoms with E-state index in [1.165, 1.54) is 25.7 Å². The molecule has 0 radical (unpaired) electrons. The molecule has 2 aliphatic carbocycles. The fourth-order valence-electron chi connectivity index (χ4n) is 3.16. The average molecular weight is 197 g/mol. The summed E-state index contributed by atoms with van der Waals surface area (Å²) in [5.74, 6) is 2.12. The lowest BCUT2D eigenvalue weighted by atomic mass is 9.94. The molecule has 0 aromatic heterocycles. The fourth-order valence-corrected chi connectivity index (χ4v) is 3.16. The number of rotatable bonds is 3. The van der Waals surface area contributed by atoms with Crippen molar-refractivity contribution in [1.82, 2.24) is 4.90 Å². The smallest absolute Gasteiger partial charge is 0.153 e. The maximum atomic E-state index is 8.49. The second-order valence-corrected chi connectivity index (χ2v) is 4.75. The minimum absolute atomic E-state index is 0.315. The van der Waals surface area contributed by atoms with Crippen molar-refractivity contribution >= 4 is 5.84 Å². The highest BCUT2D eigenvalue weighted by atomic mass is 16.4. The number of fused-ring (bicyclic) bond motifs is 2. The number of oxime groups is 1. The van der Waals surface area contributed by atoms with E-state index in [9.17, 15) is 0 Å². The molecule has 14 heavy (non-hydrogen) atoms. The van der Waals surface area contributed by atoms with Gasteiger partial charge in [-0.1, -0.05) is 11.6 Å². The second-order valence-electron chi connectivity index (χ2n) is 4.75. The average Bonchev–Trinajstić information content (AvgIpc) is 2.78. The van der Waals surface area contributed by atoms with E-state index in [2.05, 4.69) is 17.1 Å². The van der Waals surface area contributed by atoms with Crippen molar-refractivity contribution in [2.45, 2.75) is 31.7 Å². The van der Waals surface area contributed by atoms with Gasteiger partial charge in [-0.05, 0) is 38.1 Å². The van der Waals surface area contributed by atoms with E-state index in [1.54, 1.807) is 0 Å². The molecule has 0 saturated heterocycles. The van der Waals surface area contributed by atoms with Gasteiger partial charge in [-0.3, -0.25) is 4.90 Å². The van der Waals surface area contributed by atoms with E-state index in [0.29, 0.717) is 18.4 Å². The van der Waals surface area contributed by atoms with Gasteiger partial charge in [-0.15, -0.1) is 0 Å². The van der Waals surface area contributed by atoms with Gasteiger partial charge in [0.15, 0.2) is 5.84 Å². The van der Waals surface area contributed by atoms with E-state index >= 15 is 0 Å². The molecule has 80 valence electrons. The first kappa shape index (κ1) is 9.77. The Morgan fingerprint density at radius 1 is 1.50 bits per heavy atom. The Morgan fingerprint density at radius 2 is 2.29 bits per heavy atom. The number of nitrogens with zero attached hydrogens (tertiary/aromatic N) is 2. The summed E-state index contributed by atoms with van der Waals surface area (Å²) in [5.41, 5.74) is 5.50. The molecule has 2 rings (SSSR count). The van der Waals surface area contributed by atoms with Crippen molar-refractivity contribution in [2.75, 3.05) is 13.6 Å². The standard InChI is InChI=1S/C10H19N3O/c1-13(6-10(11)12-14)9-5-7-2-3-8(9)4-7/h7-9,14H,2-6H2,1H3,(H2,11,12). The lowest BCUT2D eigenvalue weighted by Gasteiger charge is -2.30. The molecule has 2 bridgehead atoms. The Hall–Kier alpha value is -0.770. The normalized spacial score (nSPS) is 37.0. The fraction of sp³-hybridized carbons (Fsp3) is 0.900. The van der Waals surface area contributed by atoms with E-state index in [1.807, 2.05) is 0 Å². The van der Waals surface area contributed by atoms with Crippen LogP contribution in [0.3, 0.4) is 0 Å². The summed E-state index contributed by atoms with van der Waals surface area (Å²) >= 11 is 0. The molecule has 0 aromatic rings. The number of amidine groups is 1. The molecule has 3 unspecified atom stereocenters. The summed E-state index contributed by atoms with van der Waals surface area (Å²) in [6.45, 7) is 0.588. The first-order valence-corrected chi connectivity index (χ1v) is 5.37. The molecule has 3 atom stereocenters. The molecule has 4 nitrogen and oxygen atoms in total. The molecule has 0 amide bonds. The van der Waals surface area contributed by atoms with E-state index < -0.39 is 0 Å². The van der Waals surface area contributed by atoms with Gasteiger partial charge in [0, 0.05) is 6.04 Å². The van der Waals surface area contributed by atoms with Crippen LogP contribution in [0.25, 0.3) is 0 Å². The van der Waals surface area contributed by atoms with E-state index in [-0.39, 0.29) is 0 Å². The van der Waals surface area contributed by atoms with Gasteiger partial charge in [0.2, 0.25) is 0 Å². The summed E-state index contributed by atoms with van der Waals surface area (Å²) in [7, 11) is 2.07. The lowest BCUT2D eigenvalue weighted by molar-refractivity contribution is 0.195. The molecule has 0 aromatic carbocycles. The van der Waals surface area contributed by atoms with Gasteiger partial charge in [-0.2, -0.15) is 0 Å². The van der Waals surface area contributed by atoms with E-state index in [0.717, 1.165) is 11.8 Å². The number of nitrogens with two attached hydrogens (primary N) is 1. The van der Waals surface area contributed by atoms with Crippen molar-refractivity contribution < 1.29 is 5.21 Å². The van der Waals surface area contributed by atoms with Crippen LogP contribution in [-0.2, 0) is 0 Å². The molecule has 0 spiro atoms. The highest BCUT2D eigenvalue weighted by molar-refractivity contribution is 5.81. The Morgan fingerprint density at radius 3 is 2.79 bits per heavy atom. The molecule has 4 heteroatoms. The van der Waals surface area contributed by atoms with Crippen molar-refractivity contribution in [3.8, 4) is 0 Å². The Balaban J connectivity index is 1.89. The number of hydrogen-bond acceptors (Lipinski definition) is 3. The molecular formula is C10H19N3O. The van der Waals surface area contributed by atoms with Crippen LogP contribution in [0.2, 0.25) is 0 Å². The monoisotopic (exact) mass is 197 g/mol. The van der Waals surface area contributed by atoms with Gasteiger partial charge < -0.3 is 10.9 Å². The lowest BCUT2D eigenvalue weighted by Crippen LogP contribution is -2.41. The molecule has 0 aliphatic heterocycles. The summed E-state index contributed by atoms with van der Waals surface area (Å²) in [4.78, 5) is 2.24. The number of likely N-dealkylation sites (N-methyl/N-ethyl adjacent to an activating group) is 1. The van der Waals surface area contributed by atoms with Crippen LogP contribution in [0.4, 0.5) is 0 Å². The van der Waals surface area contributed by atoms with Gasteiger partial charge in [-0.25, -0.2) is 0 Å². The van der Waals surface area contributed by atoms with Crippen LogP contribution in [-0.4, -0.2) is 35.6 Å². The van der Waals surface area contributed by atoms with Gasteiger partial charge in [0.05, 0.1) is 6.54 Å². The van der Waals surface area contributed by atoms with E-state index in [4.69, 9.17) is 10.9 Å². The van der Waals surface area contributed by atoms with Crippen molar-refractivity contribution in [3.05, 3.63) is 0 Å². The first-order chi connectivity index (χ1) is 6.70. The summed E-state index contributed by atoms with van der Waals surface area (Å²) in [6.07, 6.45) is 5.49. The first-order valence-electron chi connectivity index (χ1n) is 5.37. The summed E-state index contributed by atoms with van der Waals surface area (Å²) in [5, 5.41) is 11.5. The van der Waals surface area contributed by atoms with Crippen LogP contribution < -0.4 is 5.73 Å². The highest BCUT2D eigenvalue weighted by Gasteiger charge is 2.41. The van der Waals surface area contributed by atoms with Crippen molar-refractivity contribution in [1.29, 1.82) is 0 Å². The summed E-state index contributed by atoms with van der Waals surface area (Å²) in [6, 6.07) is 0.661. The molecule has 2 fully saturated rings. The topological polar surface area (TPSA) is 61.8 Å². The minimum Gasteiger partial charge on any atom is -0.409 e. The van der Waals surface area contributed by atoms with Crippen LogP contribution in [0.1, 0.15) is 25.7 Å². The van der Waals surface area contributed by atoms with Crippen molar-refractivity contribution in [3.63, 3.8) is 0 Å². The van der Waals surface area contributed by atoms with Crippen LogP contribution in [0, 0.1) is 11.8 Å². The molecule has 0 heterocycles. The predicted molar refractivity (Wildman–Crippen MR) is 55.3 cm³/mol. The molecule has 2 aliphatic rings. The van der Waals surface area contributed by atoms with Gasteiger partial charge in [0.25, 0.3) is 0 Å².